The molecule has 0 aromatic heterocycles. The number of likely N-dealkylation sites (tertiary alicyclic amines) is 1. The Hall–Kier alpha value is -0.610. The first-order valence-corrected chi connectivity index (χ1v) is 5.20. The van der Waals surface area contributed by atoms with Crippen LogP contribution in [0.3, 0.4) is 0 Å². The van der Waals surface area contributed by atoms with Gasteiger partial charge in [-0.1, -0.05) is 0 Å². The zero-order valence-corrected chi connectivity index (χ0v) is 9.03. The molecule has 4 nitrogen and oxygen atoms in total. The van der Waals surface area contributed by atoms with E-state index in [4.69, 9.17) is 10.5 Å². The Balaban J connectivity index is 2.16. The van der Waals surface area contributed by atoms with E-state index in [0.29, 0.717) is 12.5 Å². The van der Waals surface area contributed by atoms with Crippen LogP contribution in [0.2, 0.25) is 0 Å². The lowest BCUT2D eigenvalue weighted by Gasteiger charge is -2.28. The number of carbonyl (C=O) groups is 1. The summed E-state index contributed by atoms with van der Waals surface area (Å²) in [7, 11) is 2.12. The maximum absolute atomic E-state index is 11.1. The van der Waals surface area contributed by atoms with Crippen LogP contribution in [0.1, 0.15) is 19.8 Å². The first kappa shape index (κ1) is 11.5. The fraction of sp³-hybridized carbons (Fsp3) is 0.900. The first-order valence-electron chi connectivity index (χ1n) is 5.20. The highest BCUT2D eigenvalue weighted by molar-refractivity contribution is 5.74. The highest BCUT2D eigenvalue weighted by atomic mass is 16.5. The third-order valence-corrected chi connectivity index (χ3v) is 2.67. The number of nitrogens with zero attached hydrogens (tertiary/aromatic N) is 1. The molecular weight excluding hydrogens is 180 g/mol. The number of nitrogens with two attached hydrogens (primary N) is 1. The Bertz CT molecular complexity index is 187. The standard InChI is InChI=1S/C10H20N2O2/c1-8(11)10(13)14-7-9-3-5-12(2)6-4-9/h8-9H,3-7,11H2,1-2H3/t8-/m0/s1. The van der Waals surface area contributed by atoms with Crippen molar-refractivity contribution in [3.8, 4) is 0 Å². The molecular formula is C10H20N2O2. The van der Waals surface area contributed by atoms with Crippen LogP contribution in [-0.2, 0) is 9.53 Å². The van der Waals surface area contributed by atoms with E-state index < -0.39 is 6.04 Å². The minimum atomic E-state index is -0.499. The molecule has 0 bridgehead atoms. The van der Waals surface area contributed by atoms with E-state index in [1.165, 1.54) is 0 Å². The first-order chi connectivity index (χ1) is 6.59. The van der Waals surface area contributed by atoms with Crippen molar-refractivity contribution in [3.05, 3.63) is 0 Å². The molecule has 1 atom stereocenters. The number of esters is 1. The molecule has 14 heavy (non-hydrogen) atoms. The predicted octanol–water partition coefficient (Wildman–Crippen LogP) is 0.219. The third-order valence-electron chi connectivity index (χ3n) is 2.67. The lowest BCUT2D eigenvalue weighted by atomic mass is 9.98. The van der Waals surface area contributed by atoms with Crippen molar-refractivity contribution in [3.63, 3.8) is 0 Å². The Labute approximate surface area is 85.4 Å². The van der Waals surface area contributed by atoms with Gasteiger partial charge < -0.3 is 15.4 Å². The van der Waals surface area contributed by atoms with Gasteiger partial charge >= 0.3 is 5.97 Å². The molecule has 1 aliphatic rings. The van der Waals surface area contributed by atoms with E-state index in [9.17, 15) is 4.79 Å². The molecule has 0 saturated carbocycles. The molecule has 2 N–H and O–H groups in total. The van der Waals surface area contributed by atoms with Gasteiger partial charge in [0.25, 0.3) is 0 Å². The van der Waals surface area contributed by atoms with E-state index in [1.807, 2.05) is 0 Å². The largest absolute Gasteiger partial charge is 0.464 e. The second-order valence-electron chi connectivity index (χ2n) is 4.17. The van der Waals surface area contributed by atoms with Gasteiger partial charge in [-0.25, -0.2) is 0 Å². The van der Waals surface area contributed by atoms with Crippen LogP contribution in [0.4, 0.5) is 0 Å². The normalized spacial score (nSPS) is 21.9. The molecule has 1 heterocycles. The topological polar surface area (TPSA) is 55.6 Å². The number of rotatable bonds is 3. The van der Waals surface area contributed by atoms with Gasteiger partial charge in [-0.15, -0.1) is 0 Å². The van der Waals surface area contributed by atoms with E-state index in [-0.39, 0.29) is 5.97 Å². The molecule has 1 aliphatic heterocycles. The molecule has 0 aromatic carbocycles. The molecule has 0 aliphatic carbocycles. The second-order valence-corrected chi connectivity index (χ2v) is 4.17. The van der Waals surface area contributed by atoms with Crippen LogP contribution in [0.25, 0.3) is 0 Å². The predicted molar refractivity (Wildman–Crippen MR) is 54.8 cm³/mol. The summed E-state index contributed by atoms with van der Waals surface area (Å²) in [5.74, 6) is 0.234. The summed E-state index contributed by atoms with van der Waals surface area (Å²) in [6, 6.07) is -0.499. The van der Waals surface area contributed by atoms with Crippen LogP contribution in [-0.4, -0.2) is 43.7 Å². The smallest absolute Gasteiger partial charge is 0.322 e. The van der Waals surface area contributed by atoms with Gasteiger partial charge in [0.15, 0.2) is 0 Å². The monoisotopic (exact) mass is 200 g/mol. The molecule has 82 valence electrons. The van der Waals surface area contributed by atoms with E-state index in [2.05, 4.69) is 11.9 Å². The van der Waals surface area contributed by atoms with Crippen molar-refractivity contribution in [1.29, 1.82) is 0 Å². The van der Waals surface area contributed by atoms with Gasteiger partial charge in [0.05, 0.1) is 6.61 Å². The summed E-state index contributed by atoms with van der Waals surface area (Å²) in [5, 5.41) is 0. The van der Waals surface area contributed by atoms with Crippen LogP contribution in [0, 0.1) is 5.92 Å². The Morgan fingerprint density at radius 1 is 1.57 bits per heavy atom. The minimum Gasteiger partial charge on any atom is -0.464 e. The molecule has 0 spiro atoms. The molecule has 0 aromatic rings. The summed E-state index contributed by atoms with van der Waals surface area (Å²) < 4.78 is 5.10. The van der Waals surface area contributed by atoms with Crippen molar-refractivity contribution >= 4 is 5.97 Å². The maximum atomic E-state index is 11.1. The van der Waals surface area contributed by atoms with Crippen molar-refractivity contribution in [2.75, 3.05) is 26.7 Å². The average molecular weight is 200 g/mol. The third kappa shape index (κ3) is 3.64. The maximum Gasteiger partial charge on any atom is 0.322 e. The number of hydrogen-bond acceptors (Lipinski definition) is 4. The lowest BCUT2D eigenvalue weighted by molar-refractivity contribution is -0.146. The molecule has 4 heteroatoms. The fourth-order valence-electron chi connectivity index (χ4n) is 1.56. The van der Waals surface area contributed by atoms with Gasteiger partial charge in [0.1, 0.15) is 6.04 Å². The molecule has 0 amide bonds. The molecule has 1 saturated heterocycles. The molecule has 1 fully saturated rings. The van der Waals surface area contributed by atoms with E-state index in [0.717, 1.165) is 25.9 Å². The lowest BCUT2D eigenvalue weighted by Crippen LogP contribution is -2.34. The van der Waals surface area contributed by atoms with Crippen molar-refractivity contribution in [1.82, 2.24) is 4.90 Å². The number of carbonyl (C=O) groups excluding carboxylic acids is 1. The summed E-state index contributed by atoms with van der Waals surface area (Å²) in [5.41, 5.74) is 5.39. The highest BCUT2D eigenvalue weighted by Gasteiger charge is 2.18. The van der Waals surface area contributed by atoms with Crippen LogP contribution in [0.15, 0.2) is 0 Å². The Morgan fingerprint density at radius 3 is 2.64 bits per heavy atom. The summed E-state index contributed by atoms with van der Waals surface area (Å²) in [4.78, 5) is 13.4. The highest BCUT2D eigenvalue weighted by Crippen LogP contribution is 2.16. The quantitative estimate of drug-likeness (QED) is 0.662. The fourth-order valence-corrected chi connectivity index (χ4v) is 1.56. The van der Waals surface area contributed by atoms with Gasteiger partial charge in [-0.3, -0.25) is 4.79 Å². The number of piperidine rings is 1. The number of hydrogen-bond donors (Lipinski definition) is 1. The van der Waals surface area contributed by atoms with Crippen LogP contribution in [0.5, 0.6) is 0 Å². The second kappa shape index (κ2) is 5.32. The minimum absolute atomic E-state index is 0.288. The van der Waals surface area contributed by atoms with Gasteiger partial charge in [0.2, 0.25) is 0 Å². The summed E-state index contributed by atoms with van der Waals surface area (Å²) in [6.45, 7) is 4.38. The van der Waals surface area contributed by atoms with Gasteiger partial charge in [-0.05, 0) is 45.8 Å². The summed E-state index contributed by atoms with van der Waals surface area (Å²) >= 11 is 0. The van der Waals surface area contributed by atoms with Gasteiger partial charge in [0, 0.05) is 0 Å². The average Bonchev–Trinajstić information content (AvgIpc) is 2.16. The van der Waals surface area contributed by atoms with Crippen molar-refractivity contribution in [2.24, 2.45) is 11.7 Å². The number of ether oxygens (including phenoxy) is 1. The van der Waals surface area contributed by atoms with E-state index in [1.54, 1.807) is 6.92 Å². The molecule has 0 unspecified atom stereocenters. The van der Waals surface area contributed by atoms with Crippen LogP contribution < -0.4 is 5.73 Å². The molecule has 0 radical (unpaired) electrons. The molecule has 1 rings (SSSR count). The SMILES string of the molecule is C[C@H](N)C(=O)OCC1CCN(C)CC1. The van der Waals surface area contributed by atoms with Gasteiger partial charge in [-0.2, -0.15) is 0 Å². The van der Waals surface area contributed by atoms with Crippen LogP contribution >= 0.6 is 0 Å². The Morgan fingerprint density at radius 2 is 2.14 bits per heavy atom. The Kier molecular flexibility index (Phi) is 4.35. The van der Waals surface area contributed by atoms with Crippen molar-refractivity contribution < 1.29 is 9.53 Å². The summed E-state index contributed by atoms with van der Waals surface area (Å²) in [6.07, 6.45) is 2.23. The zero-order chi connectivity index (χ0) is 10.6. The zero-order valence-electron chi connectivity index (χ0n) is 9.03. The van der Waals surface area contributed by atoms with Crippen molar-refractivity contribution in [2.45, 2.75) is 25.8 Å². The van der Waals surface area contributed by atoms with E-state index >= 15 is 0 Å².